The summed E-state index contributed by atoms with van der Waals surface area (Å²) in [5.41, 5.74) is 1.67. The third-order valence-electron chi connectivity index (χ3n) is 3.20. The van der Waals surface area contributed by atoms with E-state index in [-0.39, 0.29) is 11.8 Å². The van der Waals surface area contributed by atoms with Crippen molar-refractivity contribution in [2.24, 2.45) is 5.18 Å². The normalized spacial score (nSPS) is 10.6. The van der Waals surface area contributed by atoms with E-state index < -0.39 is 6.67 Å². The number of hydrogen-bond acceptors (Lipinski definition) is 6. The van der Waals surface area contributed by atoms with Gasteiger partial charge in [-0.05, 0) is 20.3 Å². The predicted molar refractivity (Wildman–Crippen MR) is 77.1 cm³/mol. The second-order valence-corrected chi connectivity index (χ2v) is 4.62. The molecule has 0 saturated heterocycles. The highest BCUT2D eigenvalue weighted by molar-refractivity contribution is 5.45. The number of nitrogens with zero attached hydrogens (tertiary/aromatic N) is 5. The molecule has 0 atom stereocenters. The van der Waals surface area contributed by atoms with Gasteiger partial charge in [-0.3, -0.25) is 0 Å². The first-order chi connectivity index (χ1) is 10.2. The summed E-state index contributed by atoms with van der Waals surface area (Å²) < 4.78 is 14.4. The summed E-state index contributed by atoms with van der Waals surface area (Å²) >= 11 is 0. The molecule has 0 amide bonds. The number of imidazole rings is 1. The van der Waals surface area contributed by atoms with Gasteiger partial charge in [0.05, 0.1) is 0 Å². The molecule has 0 aliphatic carbocycles. The molecular formula is C13H17FN6O. The standard InChI is InChI=1S/C13H17FN6O/c1-9-10(2)17-11(8-14)18-12(9)15-4-3-6-20-7-5-16-13(20)19-21/h5,7H,3-4,6,8H2,1-2H3,(H,15,17,18). The smallest absolute Gasteiger partial charge is 0.271 e. The molecule has 8 heteroatoms. The maximum Gasteiger partial charge on any atom is 0.271 e. The zero-order valence-electron chi connectivity index (χ0n) is 12.0. The predicted octanol–water partition coefficient (Wildman–Crippen LogP) is 2.66. The van der Waals surface area contributed by atoms with E-state index in [9.17, 15) is 9.30 Å². The Hall–Kier alpha value is -2.38. The number of halogens is 1. The Bertz CT molecular complexity index is 627. The third-order valence-corrected chi connectivity index (χ3v) is 3.20. The number of nitrogens with one attached hydrogen (secondary N) is 1. The summed E-state index contributed by atoms with van der Waals surface area (Å²) in [7, 11) is 0. The van der Waals surface area contributed by atoms with Crippen molar-refractivity contribution in [2.75, 3.05) is 11.9 Å². The summed E-state index contributed by atoms with van der Waals surface area (Å²) in [5.74, 6) is 1.00. The van der Waals surface area contributed by atoms with E-state index in [2.05, 4.69) is 25.4 Å². The van der Waals surface area contributed by atoms with Crippen LogP contribution < -0.4 is 5.32 Å². The quantitative estimate of drug-likeness (QED) is 0.626. The lowest BCUT2D eigenvalue weighted by Gasteiger charge is -2.11. The van der Waals surface area contributed by atoms with Gasteiger partial charge in [-0.15, -0.1) is 4.91 Å². The molecule has 0 unspecified atom stereocenters. The van der Waals surface area contributed by atoms with Crippen molar-refractivity contribution in [3.63, 3.8) is 0 Å². The van der Waals surface area contributed by atoms with Gasteiger partial charge in [0.1, 0.15) is 12.5 Å². The van der Waals surface area contributed by atoms with Crippen LogP contribution >= 0.6 is 0 Å². The number of aromatic nitrogens is 4. The Morgan fingerprint density at radius 1 is 1.38 bits per heavy atom. The number of alkyl halides is 1. The molecule has 0 saturated carbocycles. The SMILES string of the molecule is Cc1nc(CF)nc(NCCCn2ccnc2N=O)c1C. The molecule has 0 radical (unpaired) electrons. The molecule has 2 aromatic heterocycles. The van der Waals surface area contributed by atoms with Gasteiger partial charge < -0.3 is 9.88 Å². The lowest BCUT2D eigenvalue weighted by molar-refractivity contribution is 0.464. The zero-order chi connectivity index (χ0) is 15.2. The molecule has 1 N–H and O–H groups in total. The van der Waals surface area contributed by atoms with Crippen molar-refractivity contribution in [3.05, 3.63) is 34.4 Å². The molecule has 0 aromatic carbocycles. The Morgan fingerprint density at radius 2 is 2.19 bits per heavy atom. The fourth-order valence-electron chi connectivity index (χ4n) is 1.95. The Morgan fingerprint density at radius 3 is 2.90 bits per heavy atom. The Labute approximate surface area is 121 Å². The average Bonchev–Trinajstić information content (AvgIpc) is 2.94. The van der Waals surface area contributed by atoms with E-state index >= 15 is 0 Å². The van der Waals surface area contributed by atoms with Gasteiger partial charge in [-0.1, -0.05) is 0 Å². The van der Waals surface area contributed by atoms with Gasteiger partial charge in [0.25, 0.3) is 5.95 Å². The lowest BCUT2D eigenvalue weighted by atomic mass is 10.2. The van der Waals surface area contributed by atoms with E-state index in [0.29, 0.717) is 18.9 Å². The highest BCUT2D eigenvalue weighted by Gasteiger charge is 2.07. The van der Waals surface area contributed by atoms with Crippen LogP contribution in [0.25, 0.3) is 0 Å². The molecule has 0 bridgehead atoms. The first-order valence-electron chi connectivity index (χ1n) is 6.64. The van der Waals surface area contributed by atoms with Crippen molar-refractivity contribution in [1.29, 1.82) is 0 Å². The topological polar surface area (TPSA) is 85.1 Å². The summed E-state index contributed by atoms with van der Waals surface area (Å²) in [6.07, 6.45) is 4.00. The van der Waals surface area contributed by atoms with E-state index in [0.717, 1.165) is 17.7 Å². The highest BCUT2D eigenvalue weighted by atomic mass is 19.1. The van der Waals surface area contributed by atoms with E-state index in [1.165, 1.54) is 6.20 Å². The van der Waals surface area contributed by atoms with Crippen molar-refractivity contribution >= 4 is 11.8 Å². The minimum Gasteiger partial charge on any atom is -0.370 e. The molecular weight excluding hydrogens is 275 g/mol. The van der Waals surface area contributed by atoms with Crippen molar-refractivity contribution < 1.29 is 4.39 Å². The van der Waals surface area contributed by atoms with Crippen LogP contribution in [0.4, 0.5) is 16.2 Å². The van der Waals surface area contributed by atoms with Crippen LogP contribution in [0, 0.1) is 18.8 Å². The van der Waals surface area contributed by atoms with Gasteiger partial charge >= 0.3 is 0 Å². The molecule has 112 valence electrons. The summed E-state index contributed by atoms with van der Waals surface area (Å²) in [4.78, 5) is 22.5. The zero-order valence-corrected chi connectivity index (χ0v) is 12.0. The number of aryl methyl sites for hydroxylation is 2. The van der Waals surface area contributed by atoms with E-state index in [1.807, 2.05) is 13.8 Å². The number of rotatable bonds is 7. The molecule has 2 heterocycles. The minimum atomic E-state index is -0.681. The van der Waals surface area contributed by atoms with E-state index in [4.69, 9.17) is 0 Å². The van der Waals surface area contributed by atoms with Gasteiger partial charge in [0.2, 0.25) is 0 Å². The van der Waals surface area contributed by atoms with Gasteiger partial charge in [-0.2, -0.15) is 0 Å². The second kappa shape index (κ2) is 6.87. The monoisotopic (exact) mass is 292 g/mol. The van der Waals surface area contributed by atoms with Gasteiger partial charge in [0, 0.05) is 41.9 Å². The maximum absolute atomic E-state index is 12.7. The van der Waals surface area contributed by atoms with Crippen LogP contribution in [0.2, 0.25) is 0 Å². The van der Waals surface area contributed by atoms with Crippen LogP contribution in [-0.4, -0.2) is 26.1 Å². The molecule has 7 nitrogen and oxygen atoms in total. The van der Waals surface area contributed by atoms with Crippen LogP contribution in [0.3, 0.4) is 0 Å². The molecule has 2 aromatic rings. The molecule has 0 spiro atoms. The van der Waals surface area contributed by atoms with Crippen LogP contribution in [-0.2, 0) is 13.2 Å². The van der Waals surface area contributed by atoms with Gasteiger partial charge in [0.15, 0.2) is 5.82 Å². The molecule has 0 fully saturated rings. The third kappa shape index (κ3) is 3.59. The lowest BCUT2D eigenvalue weighted by Crippen LogP contribution is -2.11. The molecule has 0 aliphatic heterocycles. The summed E-state index contributed by atoms with van der Waals surface area (Å²) in [5, 5.41) is 6.00. The van der Waals surface area contributed by atoms with Crippen LogP contribution in [0.15, 0.2) is 17.6 Å². The summed E-state index contributed by atoms with van der Waals surface area (Å²) in [6.45, 7) is 4.30. The van der Waals surface area contributed by atoms with Gasteiger partial charge in [-0.25, -0.2) is 19.3 Å². The van der Waals surface area contributed by atoms with Crippen LogP contribution in [0.1, 0.15) is 23.5 Å². The van der Waals surface area contributed by atoms with Crippen molar-refractivity contribution in [2.45, 2.75) is 33.5 Å². The number of hydrogen-bond donors (Lipinski definition) is 1. The molecule has 21 heavy (non-hydrogen) atoms. The Balaban J connectivity index is 1.92. The number of nitroso groups, excluding NO2 is 1. The molecule has 0 aliphatic rings. The average molecular weight is 292 g/mol. The van der Waals surface area contributed by atoms with Crippen molar-refractivity contribution in [1.82, 2.24) is 19.5 Å². The van der Waals surface area contributed by atoms with Crippen LogP contribution in [0.5, 0.6) is 0 Å². The maximum atomic E-state index is 12.7. The second-order valence-electron chi connectivity index (χ2n) is 4.62. The Kier molecular flexibility index (Phi) is 4.91. The first-order valence-corrected chi connectivity index (χ1v) is 6.64. The largest absolute Gasteiger partial charge is 0.370 e. The van der Waals surface area contributed by atoms with E-state index in [1.54, 1.807) is 10.8 Å². The fourth-order valence-corrected chi connectivity index (χ4v) is 1.95. The first kappa shape index (κ1) is 15.0. The fraction of sp³-hybridized carbons (Fsp3) is 0.462. The molecule has 2 rings (SSSR count). The van der Waals surface area contributed by atoms with Crippen molar-refractivity contribution in [3.8, 4) is 0 Å². The summed E-state index contributed by atoms with van der Waals surface area (Å²) in [6, 6.07) is 0. The number of anilines is 1. The minimum absolute atomic E-state index is 0.170. The highest BCUT2D eigenvalue weighted by Crippen LogP contribution is 2.15.